The molecule has 1 aromatic carbocycles. The van der Waals surface area contributed by atoms with E-state index < -0.39 is 12.0 Å². The molecule has 0 aliphatic carbocycles. The van der Waals surface area contributed by atoms with E-state index in [-0.39, 0.29) is 0 Å². The van der Waals surface area contributed by atoms with Crippen LogP contribution >= 0.6 is 0 Å². The van der Waals surface area contributed by atoms with Crippen molar-refractivity contribution in [2.45, 2.75) is 19.4 Å². The molecule has 0 radical (unpaired) electrons. The number of nitrogens with one attached hydrogen (secondary N) is 1. The molecule has 0 spiro atoms. The molecule has 7 nitrogen and oxygen atoms in total. The molecule has 2 heterocycles. The van der Waals surface area contributed by atoms with E-state index in [4.69, 9.17) is 0 Å². The first kappa shape index (κ1) is 14.0. The van der Waals surface area contributed by atoms with Gasteiger partial charge < -0.3 is 10.4 Å². The summed E-state index contributed by atoms with van der Waals surface area (Å²) >= 11 is 0. The molecule has 2 aromatic heterocycles. The lowest BCUT2D eigenvalue weighted by Crippen LogP contribution is -2.32. The van der Waals surface area contributed by atoms with Crippen LogP contribution in [0, 0.1) is 6.92 Å². The SMILES string of the molecule is Cc1cc(N[C@@H](Cc2ccccc2)C(=O)O)n2ncnc2n1. The first-order chi connectivity index (χ1) is 10.6. The summed E-state index contributed by atoms with van der Waals surface area (Å²) < 4.78 is 1.49. The highest BCUT2D eigenvalue weighted by atomic mass is 16.4. The number of carboxylic acids is 1. The lowest BCUT2D eigenvalue weighted by molar-refractivity contribution is -0.137. The fourth-order valence-electron chi connectivity index (χ4n) is 2.26. The minimum atomic E-state index is -0.924. The summed E-state index contributed by atoms with van der Waals surface area (Å²) in [7, 11) is 0. The number of aryl methyl sites for hydroxylation is 1. The van der Waals surface area contributed by atoms with Gasteiger partial charge in [-0.2, -0.15) is 14.6 Å². The number of hydrogen-bond acceptors (Lipinski definition) is 5. The Labute approximate surface area is 126 Å². The third kappa shape index (κ3) is 2.88. The highest BCUT2D eigenvalue weighted by Crippen LogP contribution is 2.14. The Kier molecular flexibility index (Phi) is 3.69. The van der Waals surface area contributed by atoms with E-state index in [0.717, 1.165) is 11.3 Å². The second-order valence-corrected chi connectivity index (χ2v) is 4.98. The van der Waals surface area contributed by atoms with Gasteiger partial charge in [0.25, 0.3) is 5.78 Å². The summed E-state index contributed by atoms with van der Waals surface area (Å²) in [6.07, 6.45) is 1.76. The number of aliphatic carboxylic acids is 1. The molecule has 3 rings (SSSR count). The lowest BCUT2D eigenvalue weighted by atomic mass is 10.1. The number of aromatic nitrogens is 4. The number of anilines is 1. The van der Waals surface area contributed by atoms with Crippen LogP contribution in [0.25, 0.3) is 5.78 Å². The second kappa shape index (κ2) is 5.80. The summed E-state index contributed by atoms with van der Waals surface area (Å²) in [5, 5.41) is 16.5. The molecule has 2 N–H and O–H groups in total. The summed E-state index contributed by atoms with van der Waals surface area (Å²) in [4.78, 5) is 19.8. The quantitative estimate of drug-likeness (QED) is 0.742. The number of carbonyl (C=O) groups is 1. The number of nitrogens with zero attached hydrogens (tertiary/aromatic N) is 4. The smallest absolute Gasteiger partial charge is 0.326 e. The Morgan fingerprint density at radius 2 is 2.14 bits per heavy atom. The average molecular weight is 297 g/mol. The average Bonchev–Trinajstić information content (AvgIpc) is 2.95. The molecule has 0 amide bonds. The van der Waals surface area contributed by atoms with E-state index in [2.05, 4.69) is 20.4 Å². The van der Waals surface area contributed by atoms with E-state index in [1.807, 2.05) is 37.3 Å². The van der Waals surface area contributed by atoms with Gasteiger partial charge >= 0.3 is 5.97 Å². The van der Waals surface area contributed by atoms with Gasteiger partial charge in [0, 0.05) is 18.2 Å². The van der Waals surface area contributed by atoms with E-state index in [1.165, 1.54) is 10.8 Å². The molecule has 3 aromatic rings. The molecule has 0 aliphatic rings. The maximum atomic E-state index is 11.5. The van der Waals surface area contributed by atoms with Gasteiger partial charge in [-0.05, 0) is 12.5 Å². The summed E-state index contributed by atoms with van der Waals surface area (Å²) in [5.41, 5.74) is 1.69. The standard InChI is InChI=1S/C15H15N5O2/c1-10-7-13(20-15(18-10)16-9-17-20)19-12(14(21)22)8-11-5-3-2-4-6-11/h2-7,9,12,19H,8H2,1H3,(H,21,22)/t12-/m0/s1. The molecular formula is C15H15N5O2. The Morgan fingerprint density at radius 3 is 2.86 bits per heavy atom. The molecule has 0 aliphatic heterocycles. The third-order valence-corrected chi connectivity index (χ3v) is 3.28. The molecule has 112 valence electrons. The first-order valence-corrected chi connectivity index (χ1v) is 6.84. The fraction of sp³-hybridized carbons (Fsp3) is 0.200. The zero-order chi connectivity index (χ0) is 15.5. The molecule has 0 fully saturated rings. The topological polar surface area (TPSA) is 92.4 Å². The van der Waals surface area contributed by atoms with Crippen molar-refractivity contribution in [3.05, 3.63) is 54.0 Å². The third-order valence-electron chi connectivity index (χ3n) is 3.28. The monoisotopic (exact) mass is 297 g/mol. The highest BCUT2D eigenvalue weighted by molar-refractivity contribution is 5.77. The largest absolute Gasteiger partial charge is 0.480 e. The summed E-state index contributed by atoms with van der Waals surface area (Å²) in [5.74, 6) is 0.0706. The van der Waals surface area contributed by atoms with Crippen molar-refractivity contribution in [1.82, 2.24) is 19.6 Å². The molecule has 0 unspecified atom stereocenters. The van der Waals surface area contributed by atoms with Crippen molar-refractivity contribution >= 4 is 17.6 Å². The van der Waals surface area contributed by atoms with Gasteiger partial charge in [0.2, 0.25) is 0 Å². The number of hydrogen-bond donors (Lipinski definition) is 2. The lowest BCUT2D eigenvalue weighted by Gasteiger charge is -2.16. The van der Waals surface area contributed by atoms with Gasteiger partial charge in [-0.15, -0.1) is 0 Å². The zero-order valence-electron chi connectivity index (χ0n) is 12.0. The minimum absolute atomic E-state index is 0.369. The predicted molar refractivity (Wildman–Crippen MR) is 80.7 cm³/mol. The normalized spacial score (nSPS) is 12.2. The molecular weight excluding hydrogens is 282 g/mol. The van der Waals surface area contributed by atoms with E-state index in [1.54, 1.807) is 6.07 Å². The maximum absolute atomic E-state index is 11.5. The van der Waals surface area contributed by atoms with Gasteiger partial charge in [0.15, 0.2) is 0 Å². The van der Waals surface area contributed by atoms with Crippen LogP contribution in [0.5, 0.6) is 0 Å². The van der Waals surface area contributed by atoms with Crippen LogP contribution in [0.4, 0.5) is 5.82 Å². The maximum Gasteiger partial charge on any atom is 0.326 e. The zero-order valence-corrected chi connectivity index (χ0v) is 12.0. The van der Waals surface area contributed by atoms with Crippen LogP contribution in [-0.4, -0.2) is 36.7 Å². The number of carboxylic acid groups (broad SMARTS) is 1. The Balaban J connectivity index is 1.90. The Hall–Kier alpha value is -2.96. The van der Waals surface area contributed by atoms with Crippen molar-refractivity contribution in [3.63, 3.8) is 0 Å². The predicted octanol–water partition coefficient (Wildman–Crippen LogP) is 1.54. The highest BCUT2D eigenvalue weighted by Gasteiger charge is 2.19. The molecule has 7 heteroatoms. The van der Waals surface area contributed by atoms with E-state index >= 15 is 0 Å². The second-order valence-electron chi connectivity index (χ2n) is 4.98. The van der Waals surface area contributed by atoms with Gasteiger partial charge in [-0.3, -0.25) is 0 Å². The summed E-state index contributed by atoms with van der Waals surface area (Å²) in [6.45, 7) is 1.83. The molecule has 0 saturated heterocycles. The Bertz CT molecular complexity index is 800. The molecule has 1 atom stereocenters. The van der Waals surface area contributed by atoms with Crippen LogP contribution in [0.15, 0.2) is 42.7 Å². The van der Waals surface area contributed by atoms with Crippen LogP contribution < -0.4 is 5.32 Å². The van der Waals surface area contributed by atoms with Crippen LogP contribution in [0.3, 0.4) is 0 Å². The first-order valence-electron chi connectivity index (χ1n) is 6.84. The number of benzene rings is 1. The van der Waals surface area contributed by atoms with Crippen molar-refractivity contribution < 1.29 is 9.90 Å². The van der Waals surface area contributed by atoms with Crippen molar-refractivity contribution in [3.8, 4) is 0 Å². The van der Waals surface area contributed by atoms with Gasteiger partial charge in [0.1, 0.15) is 18.2 Å². The van der Waals surface area contributed by atoms with E-state index in [9.17, 15) is 9.90 Å². The van der Waals surface area contributed by atoms with Crippen molar-refractivity contribution in [2.75, 3.05) is 5.32 Å². The fourth-order valence-corrected chi connectivity index (χ4v) is 2.26. The van der Waals surface area contributed by atoms with Crippen LogP contribution in [0.2, 0.25) is 0 Å². The Morgan fingerprint density at radius 1 is 1.36 bits per heavy atom. The number of rotatable bonds is 5. The molecule has 0 saturated carbocycles. The summed E-state index contributed by atoms with van der Waals surface area (Å²) in [6, 6.07) is 10.5. The van der Waals surface area contributed by atoms with Gasteiger partial charge in [0.05, 0.1) is 0 Å². The van der Waals surface area contributed by atoms with E-state index in [0.29, 0.717) is 18.0 Å². The van der Waals surface area contributed by atoms with Gasteiger partial charge in [-0.25, -0.2) is 9.78 Å². The van der Waals surface area contributed by atoms with Crippen molar-refractivity contribution in [2.24, 2.45) is 0 Å². The number of fused-ring (bicyclic) bond motifs is 1. The molecule has 0 bridgehead atoms. The van der Waals surface area contributed by atoms with Crippen LogP contribution in [0.1, 0.15) is 11.3 Å². The van der Waals surface area contributed by atoms with Crippen LogP contribution in [-0.2, 0) is 11.2 Å². The minimum Gasteiger partial charge on any atom is -0.480 e. The van der Waals surface area contributed by atoms with Crippen molar-refractivity contribution in [1.29, 1.82) is 0 Å². The molecule has 22 heavy (non-hydrogen) atoms. The van der Waals surface area contributed by atoms with Gasteiger partial charge in [-0.1, -0.05) is 30.3 Å².